The number of hydrogen-bond donors (Lipinski definition) is 0. The van der Waals surface area contributed by atoms with Gasteiger partial charge in [0.1, 0.15) is 0 Å². The van der Waals surface area contributed by atoms with Crippen molar-refractivity contribution in [3.63, 3.8) is 0 Å². The second kappa shape index (κ2) is 5.94. The summed E-state index contributed by atoms with van der Waals surface area (Å²) in [5, 5.41) is 0.0551. The highest BCUT2D eigenvalue weighted by Crippen LogP contribution is 2.60. The first-order valence-electron chi connectivity index (χ1n) is 3.98. The van der Waals surface area contributed by atoms with E-state index in [0.29, 0.717) is 0 Å². The van der Waals surface area contributed by atoms with Gasteiger partial charge in [0.2, 0.25) is 0 Å². The average molecular weight is 258 g/mol. The van der Waals surface area contributed by atoms with E-state index < -0.39 is 15.2 Å². The minimum Gasteiger partial charge on any atom is -0.312 e. The first-order chi connectivity index (χ1) is 6.87. The van der Waals surface area contributed by atoms with Crippen molar-refractivity contribution < 1.29 is 27.2 Å². The fraction of sp³-hybridized carbons (Fsp3) is 0.714. The molecule has 0 amide bonds. The van der Waals surface area contributed by atoms with Crippen molar-refractivity contribution in [2.45, 2.75) is 0 Å². The molecule has 8 heteroatoms. The van der Waals surface area contributed by atoms with Crippen LogP contribution in [0.1, 0.15) is 0 Å². The highest BCUT2D eigenvalue weighted by atomic mass is 31.2. The molecule has 0 rings (SSSR count). The molecule has 0 spiro atoms. The lowest BCUT2D eigenvalue weighted by molar-refractivity contribution is 0.272. The van der Waals surface area contributed by atoms with Crippen molar-refractivity contribution in [3.05, 3.63) is 11.9 Å². The summed E-state index contributed by atoms with van der Waals surface area (Å²) in [5.74, 6) is 0. The second-order valence-corrected chi connectivity index (χ2v) is 7.19. The largest absolute Gasteiger partial charge is 0.356 e. The molecule has 0 fully saturated rings. The second-order valence-electron chi connectivity index (χ2n) is 2.56. The van der Waals surface area contributed by atoms with E-state index in [9.17, 15) is 9.13 Å². The van der Waals surface area contributed by atoms with Gasteiger partial charge in [0.05, 0.1) is 6.16 Å². The average Bonchev–Trinajstić information content (AvgIpc) is 2.27. The fourth-order valence-electron chi connectivity index (χ4n) is 0.847. The highest BCUT2D eigenvalue weighted by molar-refractivity contribution is 7.61. The van der Waals surface area contributed by atoms with Crippen LogP contribution in [0.3, 0.4) is 0 Å². The van der Waals surface area contributed by atoms with Gasteiger partial charge in [-0.15, -0.1) is 0 Å². The molecule has 0 saturated heterocycles. The summed E-state index contributed by atoms with van der Waals surface area (Å²) in [6.45, 7) is 3.50. The molecule has 0 aromatic carbocycles. The maximum atomic E-state index is 11.8. The summed E-state index contributed by atoms with van der Waals surface area (Å²) in [5.41, 5.74) is 0. The molecule has 0 radical (unpaired) electrons. The van der Waals surface area contributed by atoms with Gasteiger partial charge < -0.3 is 18.1 Å². The van der Waals surface area contributed by atoms with Crippen molar-refractivity contribution in [2.24, 2.45) is 0 Å². The van der Waals surface area contributed by atoms with E-state index in [0.717, 1.165) is 0 Å². The van der Waals surface area contributed by atoms with Crippen molar-refractivity contribution in [3.8, 4) is 0 Å². The van der Waals surface area contributed by atoms with E-state index in [2.05, 4.69) is 24.7 Å². The van der Waals surface area contributed by atoms with Crippen LogP contribution in [0.4, 0.5) is 0 Å². The van der Waals surface area contributed by atoms with E-state index in [1.165, 1.54) is 28.4 Å². The van der Waals surface area contributed by atoms with Crippen LogP contribution in [0.15, 0.2) is 11.9 Å². The molecule has 15 heavy (non-hydrogen) atoms. The van der Waals surface area contributed by atoms with E-state index >= 15 is 0 Å². The third-order valence-electron chi connectivity index (χ3n) is 1.80. The molecule has 6 nitrogen and oxygen atoms in total. The van der Waals surface area contributed by atoms with Crippen molar-refractivity contribution in [1.29, 1.82) is 0 Å². The SMILES string of the molecule is C=C(CP(=O)(OC)OC)P(=O)(OC)OC. The van der Waals surface area contributed by atoms with Gasteiger partial charge in [-0.25, -0.2) is 0 Å². The van der Waals surface area contributed by atoms with Crippen molar-refractivity contribution in [1.82, 2.24) is 0 Å². The van der Waals surface area contributed by atoms with Gasteiger partial charge in [0.25, 0.3) is 0 Å². The van der Waals surface area contributed by atoms with Gasteiger partial charge >= 0.3 is 15.2 Å². The molecular formula is C7H16O6P2. The summed E-state index contributed by atoms with van der Waals surface area (Å²) >= 11 is 0. The third-order valence-corrected chi connectivity index (χ3v) is 5.83. The molecular weight excluding hydrogens is 242 g/mol. The zero-order valence-corrected chi connectivity index (χ0v) is 11.0. The third kappa shape index (κ3) is 3.83. The quantitative estimate of drug-likeness (QED) is 0.653. The zero-order chi connectivity index (χ0) is 12.1. The fourth-order valence-corrected chi connectivity index (χ4v) is 3.58. The summed E-state index contributed by atoms with van der Waals surface area (Å²) in [6, 6.07) is 0. The lowest BCUT2D eigenvalue weighted by Gasteiger charge is -2.19. The van der Waals surface area contributed by atoms with E-state index in [4.69, 9.17) is 0 Å². The lowest BCUT2D eigenvalue weighted by Crippen LogP contribution is -2.01. The molecule has 0 heterocycles. The Morgan fingerprint density at radius 1 is 1.00 bits per heavy atom. The van der Waals surface area contributed by atoms with Crippen LogP contribution in [-0.2, 0) is 27.2 Å². The number of hydrogen-bond acceptors (Lipinski definition) is 6. The van der Waals surface area contributed by atoms with Gasteiger partial charge in [0, 0.05) is 33.8 Å². The molecule has 0 bridgehead atoms. The van der Waals surface area contributed by atoms with Gasteiger partial charge in [-0.05, 0) is 0 Å². The van der Waals surface area contributed by atoms with Crippen LogP contribution in [0.25, 0.3) is 0 Å². The van der Waals surface area contributed by atoms with Crippen LogP contribution in [0.2, 0.25) is 0 Å². The molecule has 0 aromatic rings. The molecule has 0 aliphatic rings. The lowest BCUT2D eigenvalue weighted by atomic mass is 10.7. The van der Waals surface area contributed by atoms with Crippen molar-refractivity contribution in [2.75, 3.05) is 34.6 Å². The topological polar surface area (TPSA) is 71.1 Å². The van der Waals surface area contributed by atoms with Crippen molar-refractivity contribution >= 4 is 15.2 Å². The Hall–Kier alpha value is 0.0400. The minimum absolute atomic E-state index is 0.0551. The predicted molar refractivity (Wildman–Crippen MR) is 57.3 cm³/mol. The van der Waals surface area contributed by atoms with E-state index in [1.54, 1.807) is 0 Å². The molecule has 0 saturated carbocycles. The van der Waals surface area contributed by atoms with Crippen LogP contribution in [0.5, 0.6) is 0 Å². The molecule has 0 atom stereocenters. The standard InChI is InChI=1S/C7H16O6P2/c1-7(15(9,12-4)13-5)6-14(8,10-2)11-3/h1,6H2,2-5H3. The number of allylic oxidation sites excluding steroid dienone is 1. The molecule has 0 aliphatic heterocycles. The van der Waals surface area contributed by atoms with Crippen LogP contribution in [-0.4, -0.2) is 34.6 Å². The number of rotatable bonds is 7. The van der Waals surface area contributed by atoms with Crippen LogP contribution < -0.4 is 0 Å². The predicted octanol–water partition coefficient (Wildman–Crippen LogP) is 2.47. The van der Waals surface area contributed by atoms with Gasteiger partial charge in [0.15, 0.2) is 0 Å². The first-order valence-corrected chi connectivity index (χ1v) is 7.25. The maximum Gasteiger partial charge on any atom is 0.356 e. The first kappa shape index (κ1) is 15.0. The Morgan fingerprint density at radius 2 is 1.40 bits per heavy atom. The Balaban J connectivity index is 4.76. The molecule has 0 aromatic heterocycles. The molecule has 90 valence electrons. The maximum absolute atomic E-state index is 11.8. The summed E-state index contributed by atoms with van der Waals surface area (Å²) in [4.78, 5) is 0. The molecule has 0 unspecified atom stereocenters. The summed E-state index contributed by atoms with van der Waals surface area (Å²) in [7, 11) is -1.79. The zero-order valence-electron chi connectivity index (χ0n) is 9.26. The Kier molecular flexibility index (Phi) is 5.96. The molecule has 0 N–H and O–H groups in total. The minimum atomic E-state index is -3.42. The summed E-state index contributed by atoms with van der Waals surface area (Å²) in [6.07, 6.45) is -0.209. The smallest absolute Gasteiger partial charge is 0.312 e. The normalized spacial score (nSPS) is 12.8. The Morgan fingerprint density at radius 3 is 1.67 bits per heavy atom. The Labute approximate surface area is 89.6 Å². The van der Waals surface area contributed by atoms with Gasteiger partial charge in [-0.2, -0.15) is 0 Å². The monoisotopic (exact) mass is 258 g/mol. The summed E-state index contributed by atoms with van der Waals surface area (Å²) < 4.78 is 42.2. The van der Waals surface area contributed by atoms with Gasteiger partial charge in [-0.3, -0.25) is 9.13 Å². The Bertz CT molecular complexity index is 297. The highest BCUT2D eigenvalue weighted by Gasteiger charge is 2.33. The van der Waals surface area contributed by atoms with E-state index in [-0.39, 0.29) is 11.5 Å². The molecule has 0 aliphatic carbocycles. The van der Waals surface area contributed by atoms with E-state index in [1.807, 2.05) is 0 Å². The van der Waals surface area contributed by atoms with Crippen LogP contribution in [0, 0.1) is 0 Å². The van der Waals surface area contributed by atoms with Crippen LogP contribution >= 0.6 is 15.2 Å². The van der Waals surface area contributed by atoms with Gasteiger partial charge in [-0.1, -0.05) is 6.58 Å².